The number of benzene rings is 1. The second-order valence-electron chi connectivity index (χ2n) is 7.85. The van der Waals surface area contributed by atoms with E-state index in [1.807, 2.05) is 12.1 Å². The summed E-state index contributed by atoms with van der Waals surface area (Å²) in [5.74, 6) is -2.71. The predicted molar refractivity (Wildman–Crippen MR) is 118 cm³/mol. The monoisotopic (exact) mass is 454 g/mol. The van der Waals surface area contributed by atoms with E-state index >= 15 is 0 Å². The Bertz CT molecular complexity index is 1070. The van der Waals surface area contributed by atoms with Crippen molar-refractivity contribution in [2.75, 3.05) is 6.54 Å². The van der Waals surface area contributed by atoms with Gasteiger partial charge < -0.3 is 25.4 Å². The molecule has 1 fully saturated rings. The molecule has 10 heteroatoms. The van der Waals surface area contributed by atoms with Gasteiger partial charge >= 0.3 is 5.97 Å². The maximum atomic E-state index is 13.2. The SMILES string of the molecule is CC[C@H](NC(=O)c1nccc2ccccc12)C(=O)N1CCC[C@H]1C(=O)N[C@H](C=O)CC(=O)O. The van der Waals surface area contributed by atoms with Gasteiger partial charge in [0, 0.05) is 18.1 Å². The molecule has 174 valence electrons. The highest BCUT2D eigenvalue weighted by Crippen LogP contribution is 2.20. The van der Waals surface area contributed by atoms with Crippen molar-refractivity contribution in [2.45, 2.75) is 50.7 Å². The van der Waals surface area contributed by atoms with E-state index in [9.17, 15) is 24.0 Å². The van der Waals surface area contributed by atoms with Crippen LogP contribution in [0.2, 0.25) is 0 Å². The number of fused-ring (bicyclic) bond motifs is 1. The number of carbonyl (C=O) groups is 5. The number of nitrogens with one attached hydrogen (secondary N) is 2. The van der Waals surface area contributed by atoms with E-state index < -0.39 is 48.2 Å². The van der Waals surface area contributed by atoms with Gasteiger partial charge in [0.2, 0.25) is 11.8 Å². The molecule has 1 aliphatic heterocycles. The van der Waals surface area contributed by atoms with Gasteiger partial charge in [0.05, 0.1) is 12.5 Å². The normalized spacial score (nSPS) is 17.2. The summed E-state index contributed by atoms with van der Waals surface area (Å²) in [7, 11) is 0. The van der Waals surface area contributed by atoms with Crippen LogP contribution >= 0.6 is 0 Å². The van der Waals surface area contributed by atoms with E-state index in [0.29, 0.717) is 37.5 Å². The number of hydrogen-bond acceptors (Lipinski definition) is 6. The highest BCUT2D eigenvalue weighted by Gasteiger charge is 2.38. The van der Waals surface area contributed by atoms with Crippen LogP contribution in [0.3, 0.4) is 0 Å². The van der Waals surface area contributed by atoms with Gasteiger partial charge in [-0.25, -0.2) is 0 Å². The van der Waals surface area contributed by atoms with Crippen molar-refractivity contribution in [3.63, 3.8) is 0 Å². The smallest absolute Gasteiger partial charge is 0.305 e. The number of rotatable bonds is 9. The van der Waals surface area contributed by atoms with E-state index in [1.54, 1.807) is 25.1 Å². The molecular formula is C23H26N4O6. The minimum atomic E-state index is -1.22. The first-order chi connectivity index (χ1) is 15.8. The molecule has 3 amide bonds. The van der Waals surface area contributed by atoms with Gasteiger partial charge in [-0.3, -0.25) is 24.2 Å². The van der Waals surface area contributed by atoms with Crippen LogP contribution in [0.4, 0.5) is 0 Å². The first-order valence-electron chi connectivity index (χ1n) is 10.8. The Labute approximate surface area is 190 Å². The zero-order valence-corrected chi connectivity index (χ0v) is 18.2. The maximum Gasteiger partial charge on any atom is 0.305 e. The summed E-state index contributed by atoms with van der Waals surface area (Å²) >= 11 is 0. The highest BCUT2D eigenvalue weighted by molar-refractivity contribution is 6.06. The predicted octanol–water partition coefficient (Wildman–Crippen LogP) is 0.893. The van der Waals surface area contributed by atoms with Crippen LogP contribution in [-0.4, -0.2) is 69.6 Å². The molecule has 0 aliphatic carbocycles. The third-order valence-corrected chi connectivity index (χ3v) is 5.63. The Morgan fingerprint density at radius 3 is 2.67 bits per heavy atom. The lowest BCUT2D eigenvalue weighted by Gasteiger charge is -2.28. The molecule has 1 aliphatic rings. The maximum absolute atomic E-state index is 13.2. The van der Waals surface area contributed by atoms with Crippen molar-refractivity contribution in [3.8, 4) is 0 Å². The highest BCUT2D eigenvalue weighted by atomic mass is 16.4. The lowest BCUT2D eigenvalue weighted by atomic mass is 10.1. The number of hydrogen-bond donors (Lipinski definition) is 3. The topological polar surface area (TPSA) is 146 Å². The van der Waals surface area contributed by atoms with E-state index in [4.69, 9.17) is 5.11 Å². The van der Waals surface area contributed by atoms with Gasteiger partial charge in [0.25, 0.3) is 5.91 Å². The Kier molecular flexibility index (Phi) is 7.70. The van der Waals surface area contributed by atoms with Gasteiger partial charge in [-0.05, 0) is 30.7 Å². The van der Waals surface area contributed by atoms with E-state index in [0.717, 1.165) is 5.39 Å². The van der Waals surface area contributed by atoms with Gasteiger partial charge in [0.1, 0.15) is 24.1 Å². The third kappa shape index (κ3) is 5.51. The molecule has 1 aromatic heterocycles. The van der Waals surface area contributed by atoms with Crippen molar-refractivity contribution >= 4 is 40.7 Å². The first kappa shape index (κ1) is 23.8. The summed E-state index contributed by atoms with van der Waals surface area (Å²) in [4.78, 5) is 66.3. The number of carboxylic acids is 1. The van der Waals surface area contributed by atoms with Gasteiger partial charge in [-0.2, -0.15) is 0 Å². The number of aromatic nitrogens is 1. The number of carboxylic acid groups (broad SMARTS) is 1. The summed E-state index contributed by atoms with van der Waals surface area (Å²) < 4.78 is 0. The van der Waals surface area contributed by atoms with E-state index in [2.05, 4.69) is 15.6 Å². The minimum Gasteiger partial charge on any atom is -0.481 e. The van der Waals surface area contributed by atoms with Crippen molar-refractivity contribution in [2.24, 2.45) is 0 Å². The largest absolute Gasteiger partial charge is 0.481 e. The van der Waals surface area contributed by atoms with Gasteiger partial charge in [0.15, 0.2) is 0 Å². The molecule has 0 bridgehead atoms. The lowest BCUT2D eigenvalue weighted by Crippen LogP contribution is -2.54. The summed E-state index contributed by atoms with van der Waals surface area (Å²) in [6, 6.07) is 6.20. The fraction of sp³-hybridized carbons (Fsp3) is 0.391. The molecule has 10 nitrogen and oxygen atoms in total. The van der Waals surface area contributed by atoms with Crippen LogP contribution in [0.25, 0.3) is 10.8 Å². The molecule has 3 N–H and O–H groups in total. The molecule has 1 saturated heterocycles. The Morgan fingerprint density at radius 1 is 1.21 bits per heavy atom. The number of pyridine rings is 1. The molecular weight excluding hydrogens is 428 g/mol. The average Bonchev–Trinajstić information content (AvgIpc) is 3.31. The summed E-state index contributed by atoms with van der Waals surface area (Å²) in [5.41, 5.74) is 0.206. The van der Waals surface area contributed by atoms with Crippen molar-refractivity contribution < 1.29 is 29.1 Å². The molecule has 0 saturated carbocycles. The molecule has 0 spiro atoms. The van der Waals surface area contributed by atoms with Crippen LogP contribution in [0.1, 0.15) is 43.1 Å². The summed E-state index contributed by atoms with van der Waals surface area (Å²) in [6.45, 7) is 2.07. The quantitative estimate of drug-likeness (QED) is 0.477. The standard InChI is InChI=1S/C23H26N4O6/c1-2-17(26-22(32)20-16-7-4-3-6-14(16)9-10-24-20)23(33)27-11-5-8-18(27)21(31)25-15(13-28)12-19(29)30/h3-4,6-7,9-10,13,15,17-18H,2,5,8,11-12H2,1H3,(H,25,31)(H,26,32)(H,29,30)/t15-,17-,18-/m0/s1. The van der Waals surface area contributed by atoms with Crippen LogP contribution < -0.4 is 10.6 Å². The van der Waals surface area contributed by atoms with Gasteiger partial charge in [-0.15, -0.1) is 0 Å². The second kappa shape index (κ2) is 10.7. The molecule has 0 radical (unpaired) electrons. The Hall–Kier alpha value is -3.82. The van der Waals surface area contributed by atoms with Crippen molar-refractivity contribution in [1.82, 2.24) is 20.5 Å². The minimum absolute atomic E-state index is 0.206. The van der Waals surface area contributed by atoms with Crippen LogP contribution in [0, 0.1) is 0 Å². The van der Waals surface area contributed by atoms with Crippen LogP contribution in [-0.2, 0) is 19.2 Å². The third-order valence-electron chi connectivity index (χ3n) is 5.63. The number of likely N-dealkylation sites (tertiary alicyclic amines) is 1. The molecule has 2 aromatic rings. The molecule has 2 heterocycles. The van der Waals surface area contributed by atoms with Crippen LogP contribution in [0.15, 0.2) is 36.5 Å². The lowest BCUT2D eigenvalue weighted by molar-refractivity contribution is -0.142. The second-order valence-corrected chi connectivity index (χ2v) is 7.85. The zero-order chi connectivity index (χ0) is 24.0. The number of aliphatic carboxylic acids is 1. The molecule has 0 unspecified atom stereocenters. The summed E-state index contributed by atoms with van der Waals surface area (Å²) in [5, 5.41) is 15.5. The zero-order valence-electron chi connectivity index (χ0n) is 18.2. The number of aldehydes is 1. The van der Waals surface area contributed by atoms with Crippen LogP contribution in [0.5, 0.6) is 0 Å². The number of nitrogens with zero attached hydrogens (tertiary/aromatic N) is 2. The average molecular weight is 454 g/mol. The number of carbonyl (C=O) groups excluding carboxylic acids is 4. The first-order valence-corrected chi connectivity index (χ1v) is 10.8. The molecule has 3 rings (SSSR count). The van der Waals surface area contributed by atoms with E-state index in [1.165, 1.54) is 11.1 Å². The van der Waals surface area contributed by atoms with Gasteiger partial charge in [-0.1, -0.05) is 31.2 Å². The molecule has 33 heavy (non-hydrogen) atoms. The molecule has 1 aromatic carbocycles. The summed E-state index contributed by atoms with van der Waals surface area (Å²) in [6.07, 6.45) is 2.60. The fourth-order valence-electron chi connectivity index (χ4n) is 3.97. The van der Waals surface area contributed by atoms with E-state index in [-0.39, 0.29) is 5.69 Å². The fourth-order valence-corrected chi connectivity index (χ4v) is 3.97. The van der Waals surface area contributed by atoms with Crippen molar-refractivity contribution in [3.05, 3.63) is 42.2 Å². The Morgan fingerprint density at radius 2 is 1.97 bits per heavy atom. The molecule has 3 atom stereocenters. The number of amides is 3. The Balaban J connectivity index is 1.72. The van der Waals surface area contributed by atoms with Crippen molar-refractivity contribution in [1.29, 1.82) is 0 Å².